The summed E-state index contributed by atoms with van der Waals surface area (Å²) in [6, 6.07) is 12.6. The molecule has 2 aromatic carbocycles. The van der Waals surface area contributed by atoms with E-state index in [-0.39, 0.29) is 17.1 Å². The van der Waals surface area contributed by atoms with Crippen LogP contribution in [0.3, 0.4) is 0 Å². The van der Waals surface area contributed by atoms with Crippen molar-refractivity contribution >= 4 is 27.5 Å². The minimum Gasteiger partial charge on any atom is -0.461 e. The van der Waals surface area contributed by atoms with E-state index in [1.807, 2.05) is 24.0 Å². The quantitative estimate of drug-likeness (QED) is 0.297. The van der Waals surface area contributed by atoms with E-state index in [9.17, 15) is 5.11 Å². The van der Waals surface area contributed by atoms with Crippen LogP contribution in [0.15, 0.2) is 42.6 Å². The molecule has 2 aromatic heterocycles. The number of anilines is 1. The van der Waals surface area contributed by atoms with Gasteiger partial charge in [-0.3, -0.25) is 9.88 Å². The number of nitrogens with zero attached hydrogens (tertiary/aromatic N) is 5. The van der Waals surface area contributed by atoms with Crippen LogP contribution in [0.2, 0.25) is 0 Å². The molecule has 0 bridgehead atoms. The molecule has 3 saturated heterocycles. The van der Waals surface area contributed by atoms with E-state index < -0.39 is 11.4 Å². The van der Waals surface area contributed by atoms with Crippen molar-refractivity contribution in [3.05, 3.63) is 54.0 Å². The largest absolute Gasteiger partial charge is 0.461 e. The van der Waals surface area contributed by atoms with Gasteiger partial charge in [-0.25, -0.2) is 4.39 Å². The number of aromatic nitrogens is 3. The molecule has 8 rings (SSSR count). The Morgan fingerprint density at radius 2 is 1.76 bits per heavy atom. The van der Waals surface area contributed by atoms with Crippen molar-refractivity contribution in [2.45, 2.75) is 75.3 Å². The van der Waals surface area contributed by atoms with Crippen LogP contribution < -0.4 is 9.64 Å². The second-order valence-electron chi connectivity index (χ2n) is 13.3. The topological polar surface area (TPSA) is 74.6 Å². The van der Waals surface area contributed by atoms with E-state index in [1.165, 1.54) is 18.4 Å². The summed E-state index contributed by atoms with van der Waals surface area (Å²) >= 11 is 0. The average molecular weight is 568 g/mol. The van der Waals surface area contributed by atoms with Gasteiger partial charge in [0.1, 0.15) is 23.6 Å². The Morgan fingerprint density at radius 3 is 2.52 bits per heavy atom. The third-order valence-corrected chi connectivity index (χ3v) is 10.1. The molecule has 218 valence electrons. The van der Waals surface area contributed by atoms with Gasteiger partial charge in [-0.15, -0.1) is 0 Å². The first-order chi connectivity index (χ1) is 20.4. The number of hydrogen-bond acceptors (Lipinski definition) is 7. The molecule has 42 heavy (non-hydrogen) atoms. The maximum Gasteiger partial charge on any atom is 0.319 e. The van der Waals surface area contributed by atoms with Crippen LogP contribution in [0.5, 0.6) is 6.01 Å². The van der Waals surface area contributed by atoms with Crippen molar-refractivity contribution in [2.24, 2.45) is 0 Å². The molecular formula is C34H38FN5O2. The predicted molar refractivity (Wildman–Crippen MR) is 163 cm³/mol. The summed E-state index contributed by atoms with van der Waals surface area (Å²) in [6.07, 6.45) is 10.1. The fraction of sp³-hybridized carbons (Fsp3) is 0.500. The summed E-state index contributed by atoms with van der Waals surface area (Å²) in [5, 5.41) is 13.6. The summed E-state index contributed by atoms with van der Waals surface area (Å²) in [5.74, 6) is 0.644. The van der Waals surface area contributed by atoms with Crippen LogP contribution in [-0.4, -0.2) is 68.9 Å². The molecule has 8 heteroatoms. The second-order valence-corrected chi connectivity index (χ2v) is 13.3. The third-order valence-electron chi connectivity index (χ3n) is 10.1. The van der Waals surface area contributed by atoms with E-state index in [4.69, 9.17) is 19.7 Å². The van der Waals surface area contributed by atoms with Crippen molar-refractivity contribution in [1.82, 2.24) is 19.9 Å². The highest BCUT2D eigenvalue weighted by molar-refractivity contribution is 6.01. The van der Waals surface area contributed by atoms with Gasteiger partial charge in [0, 0.05) is 24.8 Å². The van der Waals surface area contributed by atoms with Crippen LogP contribution in [0.1, 0.15) is 69.8 Å². The maximum atomic E-state index is 16.8. The maximum absolute atomic E-state index is 16.8. The zero-order valence-electron chi connectivity index (χ0n) is 24.3. The highest BCUT2D eigenvalue weighted by Crippen LogP contribution is 2.46. The van der Waals surface area contributed by atoms with Crippen LogP contribution >= 0.6 is 0 Å². The number of piperidine rings is 1. The molecule has 1 unspecified atom stereocenters. The van der Waals surface area contributed by atoms with E-state index in [0.717, 1.165) is 74.5 Å². The van der Waals surface area contributed by atoms with Gasteiger partial charge in [-0.05, 0) is 93.6 Å². The lowest BCUT2D eigenvalue weighted by Gasteiger charge is -2.38. The molecule has 1 saturated carbocycles. The van der Waals surface area contributed by atoms with Crippen LogP contribution in [0.4, 0.5) is 10.2 Å². The predicted octanol–water partition coefficient (Wildman–Crippen LogP) is 6.22. The lowest BCUT2D eigenvalue weighted by molar-refractivity contribution is 0.0447. The number of halogens is 1. The van der Waals surface area contributed by atoms with E-state index in [2.05, 4.69) is 29.2 Å². The Kier molecular flexibility index (Phi) is 6.16. The Morgan fingerprint density at radius 1 is 1.00 bits per heavy atom. The molecule has 1 atom stereocenters. The minimum absolute atomic E-state index is 0.0252. The number of rotatable bonds is 6. The number of benzene rings is 2. The number of pyridine rings is 1. The normalized spacial score (nSPS) is 24.0. The molecular weight excluding hydrogens is 529 g/mol. The van der Waals surface area contributed by atoms with Crippen LogP contribution in [0.25, 0.3) is 32.9 Å². The van der Waals surface area contributed by atoms with Crippen molar-refractivity contribution < 1.29 is 14.2 Å². The summed E-state index contributed by atoms with van der Waals surface area (Å²) < 4.78 is 23.2. The van der Waals surface area contributed by atoms with E-state index in [0.29, 0.717) is 36.0 Å². The monoisotopic (exact) mass is 567 g/mol. The molecule has 3 aliphatic heterocycles. The van der Waals surface area contributed by atoms with E-state index in [1.54, 1.807) is 6.20 Å². The first kappa shape index (κ1) is 26.3. The van der Waals surface area contributed by atoms with Gasteiger partial charge in [0.2, 0.25) is 0 Å². The highest BCUT2D eigenvalue weighted by atomic mass is 19.1. The van der Waals surface area contributed by atoms with E-state index >= 15 is 4.39 Å². The lowest BCUT2D eigenvalue weighted by Crippen LogP contribution is -2.46. The summed E-state index contributed by atoms with van der Waals surface area (Å²) in [5.41, 5.74) is 1.76. The minimum atomic E-state index is -0.849. The smallest absolute Gasteiger partial charge is 0.319 e. The zero-order chi connectivity index (χ0) is 28.5. The number of hydrogen-bond donors (Lipinski definition) is 1. The van der Waals surface area contributed by atoms with Gasteiger partial charge < -0.3 is 14.7 Å². The van der Waals surface area contributed by atoms with Gasteiger partial charge in [0.05, 0.1) is 16.5 Å². The SMILES string of the molecule is CC1(O)CCCN(c2nc(OCC34CCCN3CCC4)nc3c(F)c(-c4cccc5cccc(C6CC6)c45)ncc23)C1. The molecule has 0 radical (unpaired) electrons. The molecule has 4 fully saturated rings. The Hall–Kier alpha value is -3.36. The Bertz CT molecular complexity index is 1670. The number of aliphatic hydroxyl groups is 1. The summed E-state index contributed by atoms with van der Waals surface area (Å²) in [4.78, 5) is 18.9. The first-order valence-corrected chi connectivity index (χ1v) is 15.6. The average Bonchev–Trinajstić information content (AvgIpc) is 3.64. The second kappa shape index (κ2) is 9.85. The Labute approximate surface area is 245 Å². The van der Waals surface area contributed by atoms with Gasteiger partial charge in [0.15, 0.2) is 5.82 Å². The highest BCUT2D eigenvalue weighted by Gasteiger charge is 2.45. The van der Waals surface area contributed by atoms with Gasteiger partial charge in [-0.1, -0.05) is 36.4 Å². The molecule has 5 heterocycles. The Balaban J connectivity index is 1.26. The molecule has 7 nitrogen and oxygen atoms in total. The lowest BCUT2D eigenvalue weighted by atomic mass is 9.94. The van der Waals surface area contributed by atoms with Crippen molar-refractivity contribution in [3.8, 4) is 17.3 Å². The standard InChI is InChI=1S/C34H38FN5O2/c1-33(41)13-4-16-39(20-33)31-26-19-36-29(25-10-3-8-23-7-2-9-24(27(23)25)22-11-12-22)28(35)30(26)37-32(38-31)42-21-34-14-5-17-40(34)18-6-15-34/h2-3,7-10,19,22,41H,4-6,11-18,20-21H2,1H3. The number of ether oxygens (including phenoxy) is 1. The molecule has 1 N–H and O–H groups in total. The molecule has 0 spiro atoms. The summed E-state index contributed by atoms with van der Waals surface area (Å²) in [6.45, 7) is 5.69. The van der Waals surface area contributed by atoms with Crippen molar-refractivity contribution in [1.29, 1.82) is 0 Å². The number of fused-ring (bicyclic) bond motifs is 3. The molecule has 4 aliphatic rings. The van der Waals surface area contributed by atoms with Gasteiger partial charge in [-0.2, -0.15) is 9.97 Å². The number of β-amino-alcohol motifs (C(OH)–C–C–N with tert-alkyl or cyclic N) is 1. The molecule has 1 aliphatic carbocycles. The van der Waals surface area contributed by atoms with Gasteiger partial charge >= 0.3 is 6.01 Å². The molecule has 4 aromatic rings. The van der Waals surface area contributed by atoms with Crippen LogP contribution in [0, 0.1) is 5.82 Å². The first-order valence-electron chi connectivity index (χ1n) is 15.6. The zero-order valence-corrected chi connectivity index (χ0v) is 24.3. The van der Waals surface area contributed by atoms with Gasteiger partial charge in [0.25, 0.3) is 0 Å². The third kappa shape index (κ3) is 4.42. The fourth-order valence-corrected chi connectivity index (χ4v) is 7.88. The van der Waals surface area contributed by atoms with Crippen molar-refractivity contribution in [3.63, 3.8) is 0 Å². The van der Waals surface area contributed by atoms with Crippen molar-refractivity contribution in [2.75, 3.05) is 37.7 Å². The fourth-order valence-electron chi connectivity index (χ4n) is 7.88. The summed E-state index contributed by atoms with van der Waals surface area (Å²) in [7, 11) is 0. The van der Waals surface area contributed by atoms with Crippen LogP contribution in [-0.2, 0) is 0 Å². The molecule has 0 amide bonds.